The summed E-state index contributed by atoms with van der Waals surface area (Å²) in [6, 6.07) is 18.3. The molecule has 0 bridgehead atoms. The van der Waals surface area contributed by atoms with Gasteiger partial charge in [0.05, 0.1) is 10.6 Å². The number of halogens is 2. The maximum Gasteiger partial charge on any atom is 0.260 e. The summed E-state index contributed by atoms with van der Waals surface area (Å²) in [5.74, 6) is -1.44. The minimum absolute atomic E-state index is 0.0508. The van der Waals surface area contributed by atoms with E-state index in [0.29, 0.717) is 11.4 Å². The highest BCUT2D eigenvalue weighted by Gasteiger charge is 2.15. The normalized spacial score (nSPS) is 10.2. The summed E-state index contributed by atoms with van der Waals surface area (Å²) in [7, 11) is 0. The summed E-state index contributed by atoms with van der Waals surface area (Å²) in [5, 5.41) is 8.60. The second-order valence-electron chi connectivity index (χ2n) is 6.02. The molecule has 3 aromatic carbocycles. The van der Waals surface area contributed by atoms with E-state index in [9.17, 15) is 14.0 Å². The fourth-order valence-corrected chi connectivity index (χ4v) is 2.84. The second-order valence-corrected chi connectivity index (χ2v) is 6.42. The first-order chi connectivity index (χ1) is 13.4. The van der Waals surface area contributed by atoms with Crippen molar-refractivity contribution in [2.45, 2.75) is 6.92 Å². The Morgan fingerprint density at radius 1 is 0.821 bits per heavy atom. The SMILES string of the molecule is CC(=O)Nc1cccc(Nc2ccc(NC(=O)c3c(F)cccc3Cl)cc2)c1. The van der Waals surface area contributed by atoms with Crippen LogP contribution in [0.2, 0.25) is 5.02 Å². The molecule has 2 amide bonds. The minimum Gasteiger partial charge on any atom is -0.355 e. The zero-order valence-electron chi connectivity index (χ0n) is 14.9. The zero-order valence-corrected chi connectivity index (χ0v) is 15.7. The molecule has 3 N–H and O–H groups in total. The highest BCUT2D eigenvalue weighted by Crippen LogP contribution is 2.23. The van der Waals surface area contributed by atoms with Gasteiger partial charge in [0.1, 0.15) is 5.82 Å². The van der Waals surface area contributed by atoms with Crippen molar-refractivity contribution in [3.8, 4) is 0 Å². The van der Waals surface area contributed by atoms with Crippen molar-refractivity contribution >= 4 is 46.2 Å². The zero-order chi connectivity index (χ0) is 20.1. The van der Waals surface area contributed by atoms with E-state index >= 15 is 0 Å². The third-order valence-electron chi connectivity index (χ3n) is 3.80. The Bertz CT molecular complexity index is 1000. The number of hydrogen-bond acceptors (Lipinski definition) is 3. The van der Waals surface area contributed by atoms with Gasteiger partial charge in [0, 0.05) is 29.7 Å². The smallest absolute Gasteiger partial charge is 0.260 e. The van der Waals surface area contributed by atoms with Crippen molar-refractivity contribution in [1.29, 1.82) is 0 Å². The number of carbonyl (C=O) groups is 2. The van der Waals surface area contributed by atoms with Crippen LogP contribution in [0.5, 0.6) is 0 Å². The molecule has 0 heterocycles. The first kappa shape index (κ1) is 19.4. The van der Waals surface area contributed by atoms with Crippen molar-refractivity contribution in [2.75, 3.05) is 16.0 Å². The summed E-state index contributed by atoms with van der Waals surface area (Å²) in [5.41, 5.74) is 2.56. The lowest BCUT2D eigenvalue weighted by Gasteiger charge is -2.11. The lowest BCUT2D eigenvalue weighted by atomic mass is 10.2. The molecule has 5 nitrogen and oxygen atoms in total. The Morgan fingerprint density at radius 2 is 1.46 bits per heavy atom. The van der Waals surface area contributed by atoms with Crippen molar-refractivity contribution in [1.82, 2.24) is 0 Å². The van der Waals surface area contributed by atoms with Gasteiger partial charge in [0.15, 0.2) is 0 Å². The average Bonchev–Trinajstić information content (AvgIpc) is 2.63. The molecule has 3 aromatic rings. The van der Waals surface area contributed by atoms with E-state index in [0.717, 1.165) is 11.4 Å². The topological polar surface area (TPSA) is 70.2 Å². The highest BCUT2D eigenvalue weighted by atomic mass is 35.5. The first-order valence-electron chi connectivity index (χ1n) is 8.42. The van der Waals surface area contributed by atoms with E-state index in [4.69, 9.17) is 11.6 Å². The molecule has 0 unspecified atom stereocenters. The van der Waals surface area contributed by atoms with Gasteiger partial charge < -0.3 is 16.0 Å². The lowest BCUT2D eigenvalue weighted by molar-refractivity contribution is -0.114. The Morgan fingerprint density at radius 3 is 2.14 bits per heavy atom. The van der Waals surface area contributed by atoms with Crippen LogP contribution in [0.1, 0.15) is 17.3 Å². The minimum atomic E-state index is -0.678. The fraction of sp³-hybridized carbons (Fsp3) is 0.0476. The van der Waals surface area contributed by atoms with Crippen molar-refractivity contribution in [3.05, 3.63) is 83.1 Å². The molecular formula is C21H17ClFN3O2. The number of hydrogen-bond donors (Lipinski definition) is 3. The molecule has 3 rings (SSSR count). The molecule has 0 fully saturated rings. The molecule has 0 aliphatic carbocycles. The predicted octanol–water partition coefficient (Wildman–Crippen LogP) is 5.43. The molecule has 142 valence electrons. The van der Waals surface area contributed by atoms with Crippen LogP contribution >= 0.6 is 11.6 Å². The maximum absolute atomic E-state index is 13.8. The van der Waals surface area contributed by atoms with Gasteiger partial charge in [-0.25, -0.2) is 4.39 Å². The van der Waals surface area contributed by atoms with Crippen LogP contribution in [-0.2, 0) is 4.79 Å². The molecule has 0 spiro atoms. The Balaban J connectivity index is 1.69. The van der Waals surface area contributed by atoms with Crippen LogP contribution in [0, 0.1) is 5.82 Å². The van der Waals surface area contributed by atoms with Crippen molar-refractivity contribution in [3.63, 3.8) is 0 Å². The van der Waals surface area contributed by atoms with Gasteiger partial charge in [-0.2, -0.15) is 0 Å². The molecule has 0 saturated carbocycles. The predicted molar refractivity (Wildman–Crippen MR) is 110 cm³/mol. The van der Waals surface area contributed by atoms with E-state index in [1.54, 1.807) is 36.4 Å². The monoisotopic (exact) mass is 397 g/mol. The van der Waals surface area contributed by atoms with Gasteiger partial charge in [-0.05, 0) is 54.6 Å². The Hall–Kier alpha value is -3.38. The number of nitrogens with one attached hydrogen (secondary N) is 3. The third-order valence-corrected chi connectivity index (χ3v) is 4.12. The summed E-state index contributed by atoms with van der Waals surface area (Å²) in [6.45, 7) is 1.45. The summed E-state index contributed by atoms with van der Waals surface area (Å²) in [6.07, 6.45) is 0. The lowest BCUT2D eigenvalue weighted by Crippen LogP contribution is -2.14. The van der Waals surface area contributed by atoms with Crippen LogP contribution in [0.3, 0.4) is 0 Å². The molecule has 0 saturated heterocycles. The first-order valence-corrected chi connectivity index (χ1v) is 8.80. The Labute approximate surface area is 166 Å². The van der Waals surface area contributed by atoms with Gasteiger partial charge >= 0.3 is 0 Å². The number of rotatable bonds is 5. The van der Waals surface area contributed by atoms with Gasteiger partial charge in [0.2, 0.25) is 5.91 Å². The average molecular weight is 398 g/mol. The fourth-order valence-electron chi connectivity index (χ4n) is 2.59. The molecule has 0 aliphatic rings. The maximum atomic E-state index is 13.8. The van der Waals surface area contributed by atoms with Crippen LogP contribution in [0.25, 0.3) is 0 Å². The van der Waals surface area contributed by atoms with Crippen LogP contribution in [-0.4, -0.2) is 11.8 Å². The van der Waals surface area contributed by atoms with E-state index in [1.807, 2.05) is 12.1 Å². The van der Waals surface area contributed by atoms with Gasteiger partial charge in [-0.1, -0.05) is 23.7 Å². The number of benzene rings is 3. The molecule has 0 radical (unpaired) electrons. The van der Waals surface area contributed by atoms with E-state index < -0.39 is 11.7 Å². The molecule has 0 atom stereocenters. The Kier molecular flexibility index (Phi) is 5.91. The summed E-state index contributed by atoms with van der Waals surface area (Å²) >= 11 is 5.91. The third kappa shape index (κ3) is 4.86. The number of carbonyl (C=O) groups excluding carboxylic acids is 2. The van der Waals surface area contributed by atoms with Crippen LogP contribution in [0.15, 0.2) is 66.7 Å². The molecule has 0 aliphatic heterocycles. The van der Waals surface area contributed by atoms with E-state index in [-0.39, 0.29) is 16.5 Å². The second kappa shape index (κ2) is 8.54. The largest absolute Gasteiger partial charge is 0.355 e. The molecule has 7 heteroatoms. The van der Waals surface area contributed by atoms with E-state index in [1.165, 1.54) is 25.1 Å². The van der Waals surface area contributed by atoms with Gasteiger partial charge in [-0.15, -0.1) is 0 Å². The van der Waals surface area contributed by atoms with E-state index in [2.05, 4.69) is 16.0 Å². The van der Waals surface area contributed by atoms with Crippen molar-refractivity contribution in [2.24, 2.45) is 0 Å². The molecule has 0 aromatic heterocycles. The molecular weight excluding hydrogens is 381 g/mol. The van der Waals surface area contributed by atoms with Crippen molar-refractivity contribution < 1.29 is 14.0 Å². The van der Waals surface area contributed by atoms with Crippen LogP contribution < -0.4 is 16.0 Å². The van der Waals surface area contributed by atoms with Crippen LogP contribution in [0.4, 0.5) is 27.1 Å². The number of anilines is 4. The van der Waals surface area contributed by atoms with Gasteiger partial charge in [0.25, 0.3) is 5.91 Å². The highest BCUT2D eigenvalue weighted by molar-refractivity contribution is 6.34. The summed E-state index contributed by atoms with van der Waals surface area (Å²) < 4.78 is 13.8. The molecule has 28 heavy (non-hydrogen) atoms. The number of amides is 2. The standard InChI is InChI=1S/C21H17ClFN3O2/c1-13(27)24-16-4-2-5-17(12-16)25-14-8-10-15(11-9-14)26-21(28)20-18(22)6-3-7-19(20)23/h2-12,25H,1H3,(H,24,27)(H,26,28). The van der Waals surface area contributed by atoms with Gasteiger partial charge in [-0.3, -0.25) is 9.59 Å². The quantitative estimate of drug-likeness (QED) is 0.537. The summed E-state index contributed by atoms with van der Waals surface area (Å²) in [4.78, 5) is 23.4.